The van der Waals surface area contributed by atoms with E-state index >= 15 is 0 Å². The molecule has 0 saturated carbocycles. The summed E-state index contributed by atoms with van der Waals surface area (Å²) in [7, 11) is 0. The zero-order chi connectivity index (χ0) is 4.12. The Morgan fingerprint density at radius 1 is 0.615 bits per heavy atom. The summed E-state index contributed by atoms with van der Waals surface area (Å²) in [6, 6.07) is 0. The van der Waals surface area contributed by atoms with Gasteiger partial charge in [0.05, 0.1) is 0 Å². The van der Waals surface area contributed by atoms with Crippen molar-refractivity contribution in [2.45, 2.75) is 22.3 Å². The fraction of sp³-hybridized carbons (Fsp3) is 1.00. The molecule has 8 heteroatoms. The first-order valence-electron chi connectivity index (χ1n) is 1.34. The molecule has 0 aromatic carbocycles. The van der Waals surface area contributed by atoms with Crippen LogP contribution in [-0.2, 0) is 164 Å². The normalized spacial score (nSPS) is 3.23. The van der Waals surface area contributed by atoms with Gasteiger partial charge in [0.2, 0.25) is 0 Å². The Labute approximate surface area is 210 Å². The van der Waals surface area contributed by atoms with Gasteiger partial charge in [-0.1, -0.05) is 22.3 Å². The van der Waals surface area contributed by atoms with E-state index in [1.54, 1.807) is 0 Å². The topological polar surface area (TPSA) is 61.7 Å². The van der Waals surface area contributed by atoms with Crippen molar-refractivity contribution in [1.29, 1.82) is 0 Å². The largest absolute Gasteiger partial charge is 0.699 e. The van der Waals surface area contributed by atoms with Crippen molar-refractivity contribution in [2.24, 2.45) is 0 Å². The smallest absolute Gasteiger partial charge is 0 e. The van der Waals surface area contributed by atoms with E-state index in [9.17, 15) is 0 Å². The van der Waals surface area contributed by atoms with Crippen molar-refractivity contribution in [3.8, 4) is 0 Å². The molecule has 0 fully saturated rings. The maximum Gasteiger partial charge on any atom is 0 e. The van der Waals surface area contributed by atoms with Crippen molar-refractivity contribution in [3.05, 3.63) is 16.8 Å². The van der Waals surface area contributed by atoms with Crippen molar-refractivity contribution >= 4 is 0 Å². The van der Waals surface area contributed by atoms with Crippen LogP contribution in [0.25, 0.3) is 16.8 Å². The predicted molar refractivity (Wildman–Crippen MR) is 41.9 cm³/mol. The van der Waals surface area contributed by atoms with Crippen LogP contribution in [0.2, 0.25) is 0 Å². The maximum absolute atomic E-state index is 6.32. The van der Waals surface area contributed by atoms with E-state index in [0.717, 1.165) is 0 Å². The summed E-state index contributed by atoms with van der Waals surface area (Å²) in [5, 5.41) is 3.31. The Bertz CT molecular complexity index is 27.6. The molecule has 71 valence electrons. The third-order valence-electron chi connectivity index (χ3n) is 0.224. The van der Waals surface area contributed by atoms with Gasteiger partial charge in [0.1, 0.15) is 0 Å². The quantitative estimate of drug-likeness (QED) is 0.495. The van der Waals surface area contributed by atoms with Crippen LogP contribution in [0.4, 0.5) is 0 Å². The van der Waals surface area contributed by atoms with Gasteiger partial charge in [0.25, 0.3) is 0 Å². The predicted octanol–water partition coefficient (Wildman–Crippen LogP) is 3.28. The molecule has 0 saturated heterocycles. The molecule has 5 radical (unpaired) electrons. The van der Waals surface area contributed by atoms with Crippen molar-refractivity contribution in [2.75, 3.05) is 13.3 Å². The molecule has 0 heterocycles. The van der Waals surface area contributed by atoms with Crippen molar-refractivity contribution in [1.82, 2.24) is 0 Å². The Morgan fingerprint density at radius 2 is 0.769 bits per heavy atom. The molecule has 0 aromatic heterocycles. The fourth-order valence-electron chi connectivity index (χ4n) is 0.0559. The van der Waals surface area contributed by atoms with Gasteiger partial charge in [-0.25, -0.2) is 0 Å². The van der Waals surface area contributed by atoms with E-state index < -0.39 is 0 Å². The van der Waals surface area contributed by atoms with Crippen LogP contribution in [0.3, 0.4) is 0 Å². The molecule has 0 aliphatic rings. The Kier molecular flexibility index (Phi) is 322. The number of rotatable bonds is 2. The minimum atomic E-state index is 0. The summed E-state index contributed by atoms with van der Waals surface area (Å²) >= 11 is 0. The minimum Gasteiger partial charge on any atom is -0.699 e. The number of nitrogens with zero attached hydrogens (tertiary/aromatic N) is 1. The van der Waals surface area contributed by atoms with Crippen LogP contribution in [0.5, 0.6) is 0 Å². The molecule has 0 rings (SSSR count). The van der Waals surface area contributed by atoms with Gasteiger partial charge in [-0.05, 0) is 0 Å². The van der Waals surface area contributed by atoms with Crippen LogP contribution >= 0.6 is 0 Å². The number of hydrogen-bond donors (Lipinski definition) is 0. The summed E-state index contributed by atoms with van der Waals surface area (Å²) in [5.74, 6) is 0. The zero-order valence-corrected chi connectivity index (χ0v) is 19.9. The van der Waals surface area contributed by atoms with Crippen molar-refractivity contribution < 1.29 is 164 Å². The van der Waals surface area contributed by atoms with E-state index in [4.69, 9.17) is 11.5 Å². The molecule has 0 aromatic rings. The third kappa shape index (κ3) is 75.4. The first-order valence-corrected chi connectivity index (χ1v) is 1.34. The van der Waals surface area contributed by atoms with Gasteiger partial charge >= 0.3 is 0 Å². The summed E-state index contributed by atoms with van der Waals surface area (Å²) in [6.07, 6.45) is 0. The molecule has 0 unspecified atom stereocenters. The molecular weight excluding hydrogens is 547 g/mol. The molecule has 0 amide bonds. The second-order valence-electron chi connectivity index (χ2n) is 0.540. The Balaban J connectivity index is -0.00000000286. The number of nitrogens with one attached hydrogen (secondary N) is 2. The van der Waals surface area contributed by atoms with Gasteiger partial charge in [-0.2, -0.15) is 0 Å². The molecule has 0 aliphatic heterocycles. The van der Waals surface area contributed by atoms with E-state index in [1.807, 2.05) is 0 Å². The summed E-state index contributed by atoms with van der Waals surface area (Å²) in [5.41, 5.74) is 12.6. The Morgan fingerprint density at radius 3 is 0.769 bits per heavy atom. The van der Waals surface area contributed by atoms with Gasteiger partial charge in [0, 0.05) is 164 Å². The van der Waals surface area contributed by atoms with Crippen LogP contribution in [0, 0.1) is 0 Å². The first-order chi connectivity index (χ1) is 2.41. The molecule has 13 heavy (non-hydrogen) atoms. The monoisotopic (exact) mass is 565 g/mol. The molecule has 0 bridgehead atoms. The zero-order valence-electron chi connectivity index (χ0n) is 5.75. The average molecular weight is 565 g/mol. The molecule has 0 aliphatic carbocycles. The van der Waals surface area contributed by atoms with Crippen LogP contribution < -0.4 is 0 Å². The van der Waals surface area contributed by atoms with Gasteiger partial charge in [-0.3, -0.25) is 13.3 Å². The van der Waals surface area contributed by atoms with Gasteiger partial charge < -0.3 is 16.8 Å². The summed E-state index contributed by atoms with van der Waals surface area (Å²) in [4.78, 5) is 0. The van der Waals surface area contributed by atoms with E-state index in [2.05, 4.69) is 5.32 Å². The van der Waals surface area contributed by atoms with Gasteiger partial charge in [0.15, 0.2) is 0 Å². The second kappa shape index (κ2) is 66.3. The third-order valence-corrected chi connectivity index (χ3v) is 0.224. The summed E-state index contributed by atoms with van der Waals surface area (Å²) in [6.45, 7) is 0.0625. The second-order valence-corrected chi connectivity index (χ2v) is 0.540. The maximum atomic E-state index is 6.32. The summed E-state index contributed by atoms with van der Waals surface area (Å²) < 4.78 is 0. The van der Waals surface area contributed by atoms with E-state index in [1.165, 1.54) is 0 Å². The van der Waals surface area contributed by atoms with Crippen LogP contribution in [-0.4, -0.2) is 13.3 Å². The fourth-order valence-corrected chi connectivity index (χ4v) is 0.0559. The SMILES string of the molecule is C.C.C.[NH-]C[N-]C[NH-].[Y].[Y].[Y].[Y].[Y]. The standard InChI is InChI=1S/C2H6N3.3CH4.5Y/c3-1-5-2-4;;;;;;;;/h3-4H,1-2H2;3*1H4;;;;;/q-3;;;;;;;;. The Hall–Kier alpha value is 5.40. The molecule has 0 spiro atoms. The van der Waals surface area contributed by atoms with Gasteiger partial charge in [-0.15, -0.1) is 0 Å². The molecule has 0 atom stereocenters. The van der Waals surface area contributed by atoms with Crippen molar-refractivity contribution in [3.63, 3.8) is 0 Å². The van der Waals surface area contributed by atoms with Crippen LogP contribution in [0.15, 0.2) is 0 Å². The van der Waals surface area contributed by atoms with Crippen LogP contribution in [0.1, 0.15) is 22.3 Å². The molecular formula is C5H18N3Y5-3. The molecule has 2 N–H and O–H groups in total. The van der Waals surface area contributed by atoms with E-state index in [-0.39, 0.29) is 199 Å². The average Bonchev–Trinajstić information content (AvgIpc) is 1.41. The minimum absolute atomic E-state index is 0. The first kappa shape index (κ1) is 63.0. The van der Waals surface area contributed by atoms with E-state index in [0.29, 0.717) is 0 Å². The molecule has 3 nitrogen and oxygen atoms in total. The number of hydrogen-bond acceptors (Lipinski definition) is 0.